The van der Waals surface area contributed by atoms with Gasteiger partial charge in [-0.1, -0.05) is 29.8 Å². The van der Waals surface area contributed by atoms with Gasteiger partial charge in [-0.2, -0.15) is 5.26 Å². The fraction of sp³-hybridized carbons (Fsp3) is 0.167. The fourth-order valence-electron chi connectivity index (χ4n) is 2.47. The largest absolute Gasteiger partial charge is 0.378 e. The van der Waals surface area contributed by atoms with Crippen molar-refractivity contribution >= 4 is 28.2 Å². The van der Waals surface area contributed by atoms with E-state index < -0.39 is 0 Å². The summed E-state index contributed by atoms with van der Waals surface area (Å²) in [5, 5.41) is 13.4. The smallest absolute Gasteiger partial charge is 0.262 e. The Hall–Kier alpha value is -2.84. The van der Waals surface area contributed by atoms with Gasteiger partial charge in [0.2, 0.25) is 0 Å². The lowest BCUT2D eigenvalue weighted by atomic mass is 10.2. The Morgan fingerprint density at radius 3 is 2.83 bits per heavy atom. The first-order chi connectivity index (χ1) is 11.6. The van der Waals surface area contributed by atoms with Crippen LogP contribution in [0.3, 0.4) is 0 Å². The van der Waals surface area contributed by atoms with Crippen LogP contribution < -0.4 is 10.9 Å². The second-order valence-electron chi connectivity index (χ2n) is 5.41. The number of para-hydroxylation sites is 1. The van der Waals surface area contributed by atoms with Gasteiger partial charge in [-0.25, -0.2) is 4.98 Å². The molecule has 0 bridgehead atoms. The van der Waals surface area contributed by atoms with Crippen molar-refractivity contribution in [3.63, 3.8) is 0 Å². The molecule has 0 atom stereocenters. The zero-order valence-corrected chi connectivity index (χ0v) is 13.8. The van der Waals surface area contributed by atoms with Crippen molar-refractivity contribution < 1.29 is 0 Å². The molecule has 1 N–H and O–H groups in total. The number of anilines is 1. The van der Waals surface area contributed by atoms with E-state index in [-0.39, 0.29) is 12.1 Å². The summed E-state index contributed by atoms with van der Waals surface area (Å²) in [7, 11) is 0. The molecule has 0 spiro atoms. The maximum atomic E-state index is 12.6. The summed E-state index contributed by atoms with van der Waals surface area (Å²) < 4.78 is 1.39. The Bertz CT molecular complexity index is 1000. The molecule has 0 fully saturated rings. The molecule has 24 heavy (non-hydrogen) atoms. The Balaban J connectivity index is 1.98. The minimum atomic E-state index is -0.208. The number of nitrogens with one attached hydrogen (secondary N) is 1. The molecule has 1 aromatic heterocycles. The van der Waals surface area contributed by atoms with Crippen LogP contribution in [0.25, 0.3) is 10.9 Å². The fourth-order valence-corrected chi connectivity index (χ4v) is 2.65. The van der Waals surface area contributed by atoms with Crippen LogP contribution in [0.5, 0.6) is 0 Å². The first kappa shape index (κ1) is 16.0. The van der Waals surface area contributed by atoms with Crippen LogP contribution >= 0.6 is 11.6 Å². The van der Waals surface area contributed by atoms with E-state index in [2.05, 4.69) is 10.3 Å². The summed E-state index contributed by atoms with van der Waals surface area (Å²) in [6, 6.07) is 14.8. The van der Waals surface area contributed by atoms with Gasteiger partial charge in [-0.05, 0) is 36.8 Å². The molecule has 0 amide bonds. The molecule has 5 nitrogen and oxygen atoms in total. The van der Waals surface area contributed by atoms with E-state index in [9.17, 15) is 4.79 Å². The molecule has 1 heterocycles. The Morgan fingerprint density at radius 2 is 2.08 bits per heavy atom. The summed E-state index contributed by atoms with van der Waals surface area (Å²) in [6.07, 6.45) is 0. The van der Waals surface area contributed by atoms with Gasteiger partial charge in [0, 0.05) is 10.7 Å². The predicted octanol–water partition coefficient (Wildman–Crippen LogP) is 3.49. The highest BCUT2D eigenvalue weighted by Gasteiger charge is 2.10. The quantitative estimate of drug-likeness (QED) is 0.790. The third-order valence-corrected chi connectivity index (χ3v) is 4.20. The van der Waals surface area contributed by atoms with Crippen molar-refractivity contribution in [3.05, 3.63) is 69.2 Å². The van der Waals surface area contributed by atoms with Crippen molar-refractivity contribution in [2.75, 3.05) is 5.32 Å². The highest BCUT2D eigenvalue weighted by atomic mass is 35.5. The molecule has 0 aliphatic rings. The van der Waals surface area contributed by atoms with Gasteiger partial charge in [0.05, 0.1) is 23.5 Å². The molecule has 0 unspecified atom stereocenters. The van der Waals surface area contributed by atoms with Gasteiger partial charge in [-0.15, -0.1) is 0 Å². The van der Waals surface area contributed by atoms with Gasteiger partial charge >= 0.3 is 0 Å². The van der Waals surface area contributed by atoms with Crippen LogP contribution in [-0.2, 0) is 13.1 Å². The van der Waals surface area contributed by atoms with E-state index in [0.29, 0.717) is 28.3 Å². The van der Waals surface area contributed by atoms with E-state index in [1.54, 1.807) is 18.2 Å². The molecule has 0 saturated carbocycles. The van der Waals surface area contributed by atoms with Crippen molar-refractivity contribution in [2.45, 2.75) is 20.0 Å². The maximum absolute atomic E-state index is 12.6. The normalized spacial score (nSPS) is 10.5. The number of benzene rings is 2. The average Bonchev–Trinajstić information content (AvgIpc) is 2.59. The first-order valence-corrected chi connectivity index (χ1v) is 7.83. The number of hydrogen-bond acceptors (Lipinski definition) is 4. The van der Waals surface area contributed by atoms with Crippen molar-refractivity contribution in [3.8, 4) is 6.07 Å². The van der Waals surface area contributed by atoms with E-state index in [1.807, 2.05) is 37.3 Å². The van der Waals surface area contributed by atoms with Crippen molar-refractivity contribution in [1.82, 2.24) is 9.55 Å². The summed E-state index contributed by atoms with van der Waals surface area (Å²) in [5.41, 5.74) is 2.24. The summed E-state index contributed by atoms with van der Waals surface area (Å²) in [4.78, 5) is 17.1. The number of halogens is 1. The second-order valence-corrected chi connectivity index (χ2v) is 5.82. The summed E-state index contributed by atoms with van der Waals surface area (Å²) in [6.45, 7) is 2.21. The second kappa shape index (κ2) is 6.73. The summed E-state index contributed by atoms with van der Waals surface area (Å²) in [5.74, 6) is 0.511. The zero-order chi connectivity index (χ0) is 17.1. The molecular weight excluding hydrogens is 324 g/mol. The Morgan fingerprint density at radius 1 is 1.29 bits per heavy atom. The number of rotatable bonds is 4. The average molecular weight is 339 g/mol. The molecular formula is C18H15ClN4O. The Kier molecular flexibility index (Phi) is 4.50. The number of nitriles is 1. The minimum absolute atomic E-state index is 0.0394. The van der Waals surface area contributed by atoms with E-state index >= 15 is 0 Å². The van der Waals surface area contributed by atoms with E-state index in [4.69, 9.17) is 16.9 Å². The van der Waals surface area contributed by atoms with Crippen LogP contribution in [0.15, 0.2) is 47.3 Å². The molecule has 120 valence electrons. The topological polar surface area (TPSA) is 70.7 Å². The third-order valence-electron chi connectivity index (χ3n) is 3.79. The highest BCUT2D eigenvalue weighted by Crippen LogP contribution is 2.20. The monoisotopic (exact) mass is 338 g/mol. The predicted molar refractivity (Wildman–Crippen MR) is 95.1 cm³/mol. The third kappa shape index (κ3) is 3.10. The van der Waals surface area contributed by atoms with Gasteiger partial charge in [0.15, 0.2) is 0 Å². The lowest BCUT2D eigenvalue weighted by molar-refractivity contribution is 0.709. The Labute approximate surface area is 144 Å². The van der Waals surface area contributed by atoms with Crippen LogP contribution in [-0.4, -0.2) is 9.55 Å². The van der Waals surface area contributed by atoms with Gasteiger partial charge in [-0.3, -0.25) is 9.36 Å². The number of aromatic nitrogens is 2. The lowest BCUT2D eigenvalue weighted by Gasteiger charge is -2.13. The van der Waals surface area contributed by atoms with Crippen LogP contribution in [0, 0.1) is 18.3 Å². The maximum Gasteiger partial charge on any atom is 0.262 e. The molecule has 3 rings (SSSR count). The van der Waals surface area contributed by atoms with Crippen LogP contribution in [0.4, 0.5) is 5.69 Å². The molecule has 2 aromatic carbocycles. The zero-order valence-electron chi connectivity index (χ0n) is 13.1. The molecule has 6 heteroatoms. The highest BCUT2D eigenvalue weighted by molar-refractivity contribution is 6.31. The molecule has 0 aliphatic carbocycles. The van der Waals surface area contributed by atoms with Crippen LogP contribution in [0.1, 0.15) is 11.4 Å². The van der Waals surface area contributed by atoms with E-state index in [1.165, 1.54) is 4.57 Å². The van der Waals surface area contributed by atoms with Gasteiger partial charge < -0.3 is 5.32 Å². The number of fused-ring (bicyclic) bond motifs is 1. The van der Waals surface area contributed by atoms with Gasteiger partial charge in [0.1, 0.15) is 12.4 Å². The lowest BCUT2D eigenvalue weighted by Crippen LogP contribution is -2.26. The van der Waals surface area contributed by atoms with Gasteiger partial charge in [0.25, 0.3) is 5.56 Å². The number of aryl methyl sites for hydroxylation is 1. The van der Waals surface area contributed by atoms with Crippen LogP contribution in [0.2, 0.25) is 5.02 Å². The molecule has 0 radical (unpaired) electrons. The SMILES string of the molecule is Cc1ccc(NCc2nc3ccccc3c(=O)n2CC#N)cc1Cl. The summed E-state index contributed by atoms with van der Waals surface area (Å²) >= 11 is 6.13. The molecule has 0 aliphatic heterocycles. The van der Waals surface area contributed by atoms with E-state index in [0.717, 1.165) is 11.3 Å². The first-order valence-electron chi connectivity index (χ1n) is 7.45. The number of nitrogens with zero attached hydrogens (tertiary/aromatic N) is 3. The molecule has 0 saturated heterocycles. The minimum Gasteiger partial charge on any atom is -0.378 e. The molecule has 3 aromatic rings. The van der Waals surface area contributed by atoms with Crippen molar-refractivity contribution in [1.29, 1.82) is 5.26 Å². The standard InChI is InChI=1S/C18H15ClN4O/c1-12-6-7-13(10-15(12)19)21-11-17-22-16-5-3-2-4-14(16)18(24)23(17)9-8-20/h2-7,10,21H,9,11H2,1H3. The van der Waals surface area contributed by atoms with Crippen molar-refractivity contribution in [2.24, 2.45) is 0 Å². The number of hydrogen-bond donors (Lipinski definition) is 1.